The van der Waals surface area contributed by atoms with E-state index in [9.17, 15) is 33.9 Å². The number of nitrogens with two attached hydrogens (primary N) is 1. The van der Waals surface area contributed by atoms with Gasteiger partial charge in [0.05, 0.1) is 6.04 Å². The van der Waals surface area contributed by atoms with Crippen molar-refractivity contribution in [2.45, 2.75) is 77.0 Å². The number of carbonyl (C=O) groups is 6. The van der Waals surface area contributed by atoms with Crippen molar-refractivity contribution in [3.63, 3.8) is 0 Å². The van der Waals surface area contributed by atoms with E-state index in [0.29, 0.717) is 6.42 Å². The largest absolute Gasteiger partial charge is 0.481 e. The Morgan fingerprint density at radius 3 is 1.62 bits per heavy atom. The minimum atomic E-state index is -1.55. The van der Waals surface area contributed by atoms with E-state index >= 15 is 0 Å². The third kappa shape index (κ3) is 10.7. The van der Waals surface area contributed by atoms with Crippen LogP contribution in [-0.4, -0.2) is 75.1 Å². The molecule has 0 aromatic heterocycles. The van der Waals surface area contributed by atoms with Crippen LogP contribution in [-0.2, 0) is 28.8 Å². The summed E-state index contributed by atoms with van der Waals surface area (Å²) in [5.41, 5.74) is 5.52. The average Bonchev–Trinajstić information content (AvgIpc) is 2.70. The van der Waals surface area contributed by atoms with Crippen molar-refractivity contribution in [2.75, 3.05) is 0 Å². The molecule has 0 saturated heterocycles. The highest BCUT2D eigenvalue weighted by Gasteiger charge is 2.32. The second kappa shape index (κ2) is 14.0. The molecule has 0 radical (unpaired) electrons. The number of aliphatic carboxylic acids is 3. The van der Waals surface area contributed by atoms with Gasteiger partial charge in [0.2, 0.25) is 17.7 Å². The first kappa shape index (κ1) is 28.8. The van der Waals surface area contributed by atoms with Gasteiger partial charge in [-0.3, -0.25) is 24.0 Å². The Balaban J connectivity index is 5.55. The summed E-state index contributed by atoms with van der Waals surface area (Å²) in [5.74, 6) is -6.71. The Kier molecular flexibility index (Phi) is 12.6. The lowest BCUT2D eigenvalue weighted by atomic mass is 9.97. The number of amides is 3. The van der Waals surface area contributed by atoms with E-state index in [4.69, 9.17) is 15.9 Å². The van der Waals surface area contributed by atoms with E-state index in [1.165, 1.54) is 6.92 Å². The van der Waals surface area contributed by atoms with Crippen LogP contribution in [0.2, 0.25) is 0 Å². The van der Waals surface area contributed by atoms with Gasteiger partial charge in [-0.25, -0.2) is 4.79 Å². The van der Waals surface area contributed by atoms with Crippen molar-refractivity contribution in [2.24, 2.45) is 11.7 Å². The molecule has 3 amide bonds. The molecule has 0 fully saturated rings. The van der Waals surface area contributed by atoms with Gasteiger partial charge in [0.1, 0.15) is 18.1 Å². The second-order valence-electron chi connectivity index (χ2n) is 7.49. The zero-order valence-electron chi connectivity index (χ0n) is 18.3. The second-order valence-corrected chi connectivity index (χ2v) is 7.49. The Hall–Kier alpha value is -3.22. The Morgan fingerprint density at radius 1 is 0.750 bits per heavy atom. The van der Waals surface area contributed by atoms with Crippen LogP contribution in [0.5, 0.6) is 0 Å². The molecule has 0 aliphatic carbocycles. The van der Waals surface area contributed by atoms with Gasteiger partial charge < -0.3 is 37.0 Å². The molecule has 0 aromatic carbocycles. The van der Waals surface area contributed by atoms with E-state index in [1.807, 2.05) is 0 Å². The van der Waals surface area contributed by atoms with Gasteiger partial charge in [-0.1, -0.05) is 20.3 Å². The molecule has 8 N–H and O–H groups in total. The lowest BCUT2D eigenvalue weighted by Gasteiger charge is -2.27. The van der Waals surface area contributed by atoms with Crippen LogP contribution in [0.25, 0.3) is 0 Å². The van der Waals surface area contributed by atoms with E-state index in [-0.39, 0.29) is 12.3 Å². The lowest BCUT2D eigenvalue weighted by molar-refractivity contribution is -0.144. The maximum atomic E-state index is 12.8. The summed E-state index contributed by atoms with van der Waals surface area (Å²) >= 11 is 0. The fourth-order valence-electron chi connectivity index (χ4n) is 2.58. The normalized spacial score (nSPS) is 15.4. The molecule has 13 nitrogen and oxygen atoms in total. The maximum absolute atomic E-state index is 12.8. The molecule has 5 unspecified atom stereocenters. The maximum Gasteiger partial charge on any atom is 0.326 e. The van der Waals surface area contributed by atoms with Crippen molar-refractivity contribution >= 4 is 35.6 Å². The molecule has 182 valence electrons. The van der Waals surface area contributed by atoms with Crippen molar-refractivity contribution in [1.29, 1.82) is 0 Å². The van der Waals surface area contributed by atoms with Crippen LogP contribution in [0.1, 0.15) is 52.9 Å². The van der Waals surface area contributed by atoms with E-state index in [0.717, 1.165) is 0 Å². The Morgan fingerprint density at radius 2 is 1.22 bits per heavy atom. The monoisotopic (exact) mass is 460 g/mol. The summed E-state index contributed by atoms with van der Waals surface area (Å²) in [6, 6.07) is -4.94. The molecule has 0 aromatic rings. The van der Waals surface area contributed by atoms with Crippen LogP contribution >= 0.6 is 0 Å². The smallest absolute Gasteiger partial charge is 0.326 e. The summed E-state index contributed by atoms with van der Waals surface area (Å²) in [5, 5.41) is 33.8. The number of carboxylic acids is 3. The first-order chi connectivity index (χ1) is 14.8. The van der Waals surface area contributed by atoms with E-state index in [2.05, 4.69) is 16.0 Å². The van der Waals surface area contributed by atoms with Crippen LogP contribution in [0.3, 0.4) is 0 Å². The summed E-state index contributed by atoms with van der Waals surface area (Å²) in [7, 11) is 0. The van der Waals surface area contributed by atoms with Crippen LogP contribution in [0.15, 0.2) is 0 Å². The van der Waals surface area contributed by atoms with Crippen LogP contribution in [0, 0.1) is 5.92 Å². The number of nitrogens with one attached hydrogen (secondary N) is 3. The fraction of sp³-hybridized carbons (Fsp3) is 0.684. The summed E-state index contributed by atoms with van der Waals surface area (Å²) in [4.78, 5) is 70.4. The first-order valence-corrected chi connectivity index (χ1v) is 10.1. The fourth-order valence-corrected chi connectivity index (χ4v) is 2.58. The van der Waals surface area contributed by atoms with Crippen LogP contribution in [0.4, 0.5) is 0 Å². The lowest BCUT2D eigenvalue weighted by Crippen LogP contribution is -2.58. The number of carboxylic acid groups (broad SMARTS) is 3. The molecule has 5 atom stereocenters. The predicted octanol–water partition coefficient (Wildman–Crippen LogP) is -1.35. The Labute approximate surface area is 185 Å². The molecule has 0 aliphatic rings. The van der Waals surface area contributed by atoms with Crippen molar-refractivity contribution in [3.8, 4) is 0 Å². The van der Waals surface area contributed by atoms with E-state index in [1.54, 1.807) is 13.8 Å². The summed E-state index contributed by atoms with van der Waals surface area (Å²) < 4.78 is 0. The standard InChI is InChI=1S/C19H32N4O9/c1-4-9(2)15(23-16(28)10(3)20)18(30)21-11(5-7-13(24)25)17(29)22-12(19(31)32)6-8-14(26)27/h9-12,15H,4-8,20H2,1-3H3,(H,21,30)(H,22,29)(H,23,28)(H,24,25)(H,26,27)(H,31,32). The molecule has 32 heavy (non-hydrogen) atoms. The van der Waals surface area contributed by atoms with Gasteiger partial charge in [0, 0.05) is 12.8 Å². The topological polar surface area (TPSA) is 225 Å². The molecule has 0 rings (SSSR count). The van der Waals surface area contributed by atoms with Gasteiger partial charge in [-0.15, -0.1) is 0 Å². The van der Waals surface area contributed by atoms with Crippen LogP contribution < -0.4 is 21.7 Å². The SMILES string of the molecule is CCC(C)C(NC(=O)C(C)N)C(=O)NC(CCC(=O)O)C(=O)NC(CCC(=O)O)C(=O)O. The highest BCUT2D eigenvalue weighted by Crippen LogP contribution is 2.10. The third-order valence-electron chi connectivity index (χ3n) is 4.75. The molecule has 0 saturated carbocycles. The molecular formula is C19H32N4O9. The van der Waals surface area contributed by atoms with Gasteiger partial charge in [0.25, 0.3) is 0 Å². The first-order valence-electron chi connectivity index (χ1n) is 10.1. The molecule has 0 heterocycles. The van der Waals surface area contributed by atoms with E-state index < -0.39 is 79.1 Å². The minimum Gasteiger partial charge on any atom is -0.481 e. The van der Waals surface area contributed by atoms with Crippen molar-refractivity contribution in [3.05, 3.63) is 0 Å². The molecule has 0 aliphatic heterocycles. The number of rotatable bonds is 15. The third-order valence-corrected chi connectivity index (χ3v) is 4.75. The Bertz CT molecular complexity index is 711. The average molecular weight is 460 g/mol. The number of hydrogen-bond donors (Lipinski definition) is 7. The van der Waals surface area contributed by atoms with Gasteiger partial charge >= 0.3 is 17.9 Å². The predicted molar refractivity (Wildman–Crippen MR) is 110 cm³/mol. The van der Waals surface area contributed by atoms with Gasteiger partial charge in [0.15, 0.2) is 0 Å². The van der Waals surface area contributed by atoms with Gasteiger partial charge in [-0.05, 0) is 25.7 Å². The van der Waals surface area contributed by atoms with Gasteiger partial charge in [-0.2, -0.15) is 0 Å². The highest BCUT2D eigenvalue weighted by atomic mass is 16.4. The number of hydrogen-bond acceptors (Lipinski definition) is 7. The number of carbonyl (C=O) groups excluding carboxylic acids is 3. The molecule has 0 spiro atoms. The quantitative estimate of drug-likeness (QED) is 0.152. The van der Waals surface area contributed by atoms with Crippen molar-refractivity contribution in [1.82, 2.24) is 16.0 Å². The minimum absolute atomic E-state index is 0.355. The molecule has 13 heteroatoms. The zero-order chi connectivity index (χ0) is 25.0. The van der Waals surface area contributed by atoms with Crippen molar-refractivity contribution < 1.29 is 44.1 Å². The summed E-state index contributed by atoms with van der Waals surface area (Å²) in [6.07, 6.45) is -1.31. The molecule has 0 bridgehead atoms. The zero-order valence-corrected chi connectivity index (χ0v) is 18.3. The highest BCUT2D eigenvalue weighted by molar-refractivity contribution is 5.94. The summed E-state index contributed by atoms with van der Waals surface area (Å²) in [6.45, 7) is 4.88. The molecular weight excluding hydrogens is 428 g/mol.